The number of hydrogen-bond donors (Lipinski definition) is 0. The van der Waals surface area contributed by atoms with Crippen LogP contribution in [0.4, 0.5) is 101 Å². The van der Waals surface area contributed by atoms with Crippen molar-refractivity contribution in [2.45, 2.75) is 36.3 Å². The molecule has 0 aliphatic rings. The highest BCUT2D eigenvalue weighted by atomic mass is 33.2. The molecule has 10 aromatic carbocycles. The van der Waals surface area contributed by atoms with Crippen molar-refractivity contribution in [3.63, 3.8) is 0 Å². The summed E-state index contributed by atoms with van der Waals surface area (Å²) in [6.07, 6.45) is 0. The van der Waals surface area contributed by atoms with Crippen LogP contribution in [0.1, 0.15) is 27.8 Å². The molecular formula is C70H31F23N8O17S6. The fourth-order valence-electron chi connectivity index (χ4n) is 8.47. The zero-order valence-corrected chi connectivity index (χ0v) is 64.5. The quantitative estimate of drug-likeness (QED) is 0.0171. The Morgan fingerprint density at radius 1 is 0.258 bits per heavy atom. The Labute approximate surface area is 679 Å². The summed E-state index contributed by atoms with van der Waals surface area (Å²) >= 11 is 0. The van der Waals surface area contributed by atoms with Crippen LogP contribution in [-0.4, -0.2) is 80.5 Å². The van der Waals surface area contributed by atoms with Crippen LogP contribution in [0.3, 0.4) is 0 Å². The van der Waals surface area contributed by atoms with Crippen LogP contribution in [0, 0.1) is 186 Å². The van der Waals surface area contributed by atoms with Crippen LogP contribution < -0.4 is 4.74 Å². The van der Waals surface area contributed by atoms with Gasteiger partial charge in [0.25, 0.3) is 17.7 Å². The van der Waals surface area contributed by atoms with Crippen molar-refractivity contribution in [1.82, 2.24) is 0 Å². The number of nitriles is 4. The summed E-state index contributed by atoms with van der Waals surface area (Å²) in [5.74, 6) is -60.7. The van der Waals surface area contributed by atoms with Crippen LogP contribution in [0.2, 0.25) is 0 Å². The standard InChI is InChI=1S/C15H7F5N2O4S.C15H12N2O3S.C14H5F5N2O3S.C14H7F3N2O3S.C12F10O4S2/c1-25-8-4-2-7(3-5-8)9(6-21)22-26-27(23,24)15-13(19)11(17)10(16)12(18)14(15)20;1-12-7-9-14(10-8-12)21(18,19)20-17-15(11-16)13-5-3-2-4-6-13;15-9-10(16)12(18)14(13(19)11(9)17)25(22,23)24-21-8(6-20)7-4-2-1-3-5-7;15-10-6-7-11(16)14(13(10)17)23(20,21)22-19-12(8-18)9-4-2-1-3-5-9;13-1-3(15)7(19)11(8(20)4(1)16)27(23,24)28(25,26)12-9(21)5(17)2(14)6(18)10(12)22/h2-5H,1H3;2-10H,1H3;1-5H;1-7H;/b22-9+;17-15+;21-8+;19-12+;. The summed E-state index contributed by atoms with van der Waals surface area (Å²) in [6, 6.07) is 42.1. The molecule has 0 aliphatic carbocycles. The van der Waals surface area contributed by atoms with Gasteiger partial charge in [-0.05, 0) is 55.5 Å². The summed E-state index contributed by atoms with van der Waals surface area (Å²) in [5.41, 5.74) is -0.0247. The second kappa shape index (κ2) is 40.5. The highest BCUT2D eigenvalue weighted by Crippen LogP contribution is 2.38. The van der Waals surface area contributed by atoms with Gasteiger partial charge in [-0.25, -0.2) is 118 Å². The van der Waals surface area contributed by atoms with Gasteiger partial charge >= 0.3 is 40.5 Å². The van der Waals surface area contributed by atoms with Gasteiger partial charge in [0.2, 0.25) is 23.3 Å². The average molecular weight is 1890 g/mol. The summed E-state index contributed by atoms with van der Waals surface area (Å²) < 4.78 is 470. The lowest BCUT2D eigenvalue weighted by atomic mass is 10.1. The third kappa shape index (κ3) is 21.8. The predicted octanol–water partition coefficient (Wildman–Crippen LogP) is 14.6. The van der Waals surface area contributed by atoms with Gasteiger partial charge in [-0.2, -0.15) is 54.7 Å². The lowest BCUT2D eigenvalue weighted by molar-refractivity contribution is 0.317. The van der Waals surface area contributed by atoms with E-state index in [2.05, 4.69) is 37.8 Å². The third-order valence-electron chi connectivity index (χ3n) is 14.4. The molecule has 25 nitrogen and oxygen atoms in total. The summed E-state index contributed by atoms with van der Waals surface area (Å²) in [6.45, 7) is 1.85. The van der Waals surface area contributed by atoms with E-state index in [9.17, 15) is 151 Å². The van der Waals surface area contributed by atoms with Crippen molar-refractivity contribution >= 4 is 81.1 Å². The second-order valence-corrected chi connectivity index (χ2v) is 33.3. The van der Waals surface area contributed by atoms with Gasteiger partial charge in [-0.1, -0.05) is 129 Å². The maximum Gasteiger partial charge on any atom is 0.364 e. The number of ether oxygens (including phenoxy) is 1. The molecule has 54 heteroatoms. The molecule has 0 spiro atoms. The molecular weight excluding hydrogens is 1850 g/mol. The molecule has 0 saturated heterocycles. The first-order chi connectivity index (χ1) is 57.8. The van der Waals surface area contributed by atoms with E-state index in [4.69, 9.17) is 25.8 Å². The minimum atomic E-state index is -6.97. The van der Waals surface area contributed by atoms with E-state index < -0.39 is 234 Å². The van der Waals surface area contributed by atoms with Gasteiger partial charge < -0.3 is 4.74 Å². The van der Waals surface area contributed by atoms with Crippen LogP contribution in [0.25, 0.3) is 0 Å². The molecule has 650 valence electrons. The smallest absolute Gasteiger partial charge is 0.364 e. The number of hydrogen-bond acceptors (Lipinski definition) is 25. The normalized spacial score (nSPS) is 12.0. The Kier molecular flexibility index (Phi) is 32.3. The Morgan fingerprint density at radius 3 is 0.742 bits per heavy atom. The molecule has 10 aromatic rings. The van der Waals surface area contributed by atoms with Gasteiger partial charge in [0.05, 0.1) is 7.11 Å². The first-order valence-electron chi connectivity index (χ1n) is 31.1. The lowest BCUT2D eigenvalue weighted by Gasteiger charge is -2.12. The molecule has 0 heterocycles. The number of methoxy groups -OCH3 is 1. The fraction of sp³-hybridized carbons (Fsp3) is 0.0286. The molecule has 124 heavy (non-hydrogen) atoms. The second-order valence-electron chi connectivity index (χ2n) is 22.1. The van der Waals surface area contributed by atoms with Crippen molar-refractivity contribution in [1.29, 1.82) is 21.0 Å². The zero-order chi connectivity index (χ0) is 93.4. The first kappa shape index (κ1) is 98.8. The zero-order valence-electron chi connectivity index (χ0n) is 59.6. The van der Waals surface area contributed by atoms with E-state index in [0.717, 1.165) is 5.56 Å². The summed E-state index contributed by atoms with van der Waals surface area (Å²) in [7, 11) is -32.8. The van der Waals surface area contributed by atoms with Crippen molar-refractivity contribution < 1.29 is 173 Å². The number of aryl methyl sites for hydroxylation is 1. The number of oxime groups is 4. The van der Waals surface area contributed by atoms with Gasteiger partial charge in [0, 0.05) is 22.3 Å². The van der Waals surface area contributed by atoms with Gasteiger partial charge in [0.1, 0.15) is 40.7 Å². The molecule has 0 saturated carbocycles. The predicted molar refractivity (Wildman–Crippen MR) is 371 cm³/mol. The van der Waals surface area contributed by atoms with E-state index in [1.807, 2.05) is 13.0 Å². The minimum Gasteiger partial charge on any atom is -0.497 e. The monoisotopic (exact) mass is 1880 g/mol. The van der Waals surface area contributed by atoms with Crippen molar-refractivity contribution in [3.8, 4) is 30.0 Å². The topological polar surface area (TPSA) is 396 Å². The van der Waals surface area contributed by atoms with Crippen LogP contribution in [-0.2, 0) is 75.3 Å². The van der Waals surface area contributed by atoms with E-state index in [0.29, 0.717) is 23.4 Å². The van der Waals surface area contributed by atoms with Gasteiger partial charge in [0.15, 0.2) is 152 Å². The number of benzene rings is 10. The SMILES string of the molecule is COc1ccc(/C(C#N)=N/OS(=O)(=O)c2c(F)c(F)c(F)c(F)c2F)cc1.Cc1ccc(S(=O)(=O)O/N=C(\C#N)c2ccccc2)cc1.N#C/C(=N\OS(=O)(=O)c1c(F)c(F)c(F)c(F)c1F)c1ccccc1.N#C/C(=N\OS(=O)(=O)c1c(F)ccc(F)c1F)c1ccccc1.O=S(=O)(c1c(F)c(F)c(F)c(F)c1F)S(=O)(=O)c1c(F)c(F)c(F)c(F)c1F. The molecule has 0 fully saturated rings. The molecule has 0 unspecified atom stereocenters. The Morgan fingerprint density at radius 2 is 0.484 bits per heavy atom. The largest absolute Gasteiger partial charge is 0.497 e. The van der Waals surface area contributed by atoms with Crippen molar-refractivity contribution in [3.05, 3.63) is 313 Å². The fourth-order valence-corrected chi connectivity index (χ4v) is 15.7. The molecule has 0 aromatic heterocycles. The Hall–Kier alpha value is -14.1. The highest BCUT2D eigenvalue weighted by Gasteiger charge is 2.48. The minimum absolute atomic E-state index is 0.0119. The van der Waals surface area contributed by atoms with E-state index in [1.54, 1.807) is 72.8 Å². The van der Waals surface area contributed by atoms with E-state index in [-0.39, 0.29) is 27.3 Å². The molecule has 0 amide bonds. The van der Waals surface area contributed by atoms with Crippen LogP contribution in [0.5, 0.6) is 5.75 Å². The average Bonchev–Trinajstić information content (AvgIpc) is 0.721. The Balaban J connectivity index is 0.000000240. The highest BCUT2D eigenvalue weighted by molar-refractivity contribution is 8.67. The third-order valence-corrected chi connectivity index (χ3v) is 23.9. The van der Waals surface area contributed by atoms with Gasteiger partial charge in [-0.3, -0.25) is 17.1 Å². The molecule has 0 bridgehead atoms. The van der Waals surface area contributed by atoms with Crippen molar-refractivity contribution in [2.24, 2.45) is 20.6 Å². The summed E-state index contributed by atoms with van der Waals surface area (Å²) in [5, 5.41) is 48.3. The maximum atomic E-state index is 13.6. The van der Waals surface area contributed by atoms with E-state index >= 15 is 0 Å². The van der Waals surface area contributed by atoms with Crippen LogP contribution >= 0.6 is 0 Å². The van der Waals surface area contributed by atoms with Crippen molar-refractivity contribution in [2.75, 3.05) is 7.11 Å². The Bertz CT molecular complexity index is 6710. The molecule has 0 aliphatic heterocycles. The number of nitrogens with zero attached hydrogens (tertiary/aromatic N) is 8. The number of rotatable bonds is 20. The molecule has 0 radical (unpaired) electrons. The first-order valence-corrected chi connectivity index (χ1v) is 40.2. The molecule has 0 N–H and O–H groups in total. The van der Waals surface area contributed by atoms with E-state index in [1.165, 1.54) is 92.0 Å². The maximum absolute atomic E-state index is 13.6. The van der Waals surface area contributed by atoms with Gasteiger partial charge in [-0.15, -0.1) is 0 Å². The number of halogens is 23. The molecule has 10 rings (SSSR count). The molecule has 0 atom stereocenters. The lowest BCUT2D eigenvalue weighted by Crippen LogP contribution is -2.24. The van der Waals surface area contributed by atoms with Crippen LogP contribution in [0.15, 0.2) is 202 Å². The summed E-state index contributed by atoms with van der Waals surface area (Å²) in [4.78, 5) is -12.2.